The number of thiocarbonyl (C=S) groups is 1. The minimum Gasteiger partial charge on any atom is -0.490 e. The monoisotopic (exact) mass is 510 g/mol. The van der Waals surface area contributed by atoms with E-state index in [2.05, 4.69) is 16.2 Å². The van der Waals surface area contributed by atoms with E-state index in [9.17, 15) is 19.7 Å². The first-order valence-electron chi connectivity index (χ1n) is 10.6. The third kappa shape index (κ3) is 8.25. The number of non-ortho nitro benzene ring substituents is 1. The average molecular weight is 511 g/mol. The highest BCUT2D eigenvalue weighted by Crippen LogP contribution is 2.18. The molecule has 36 heavy (non-hydrogen) atoms. The highest BCUT2D eigenvalue weighted by Gasteiger charge is 2.14. The van der Waals surface area contributed by atoms with Gasteiger partial charge in [0.05, 0.1) is 10.5 Å². The third-order valence-electron chi connectivity index (χ3n) is 4.44. The summed E-state index contributed by atoms with van der Waals surface area (Å²) in [6.45, 7) is 0.115. The number of carbonyl (C=O) groups excluding carboxylic acids is 2. The van der Waals surface area contributed by atoms with Gasteiger partial charge in [0.2, 0.25) is 0 Å². The molecular formula is C24H22N4O7S. The molecule has 186 valence electrons. The lowest BCUT2D eigenvalue weighted by molar-refractivity contribution is -0.384. The van der Waals surface area contributed by atoms with Crippen molar-refractivity contribution in [2.45, 2.75) is 0 Å². The predicted molar refractivity (Wildman–Crippen MR) is 134 cm³/mol. The Morgan fingerprint density at radius 1 is 0.806 bits per heavy atom. The standard InChI is InChI=1S/C24H22N4O7S/c29-22(16-35-19-12-10-17(11-13-19)28(31)32)26-27-24(36)25-23(30)20-8-4-5-9-21(20)34-15-14-33-18-6-2-1-3-7-18/h1-13H,14-16H2,(H,26,29)(H2,25,27,30,36). The number of benzene rings is 3. The second-order valence-corrected chi connectivity index (χ2v) is 7.41. The fraction of sp³-hybridized carbons (Fsp3) is 0.125. The Kier molecular flexibility index (Phi) is 9.53. The second kappa shape index (κ2) is 13.2. The second-order valence-electron chi connectivity index (χ2n) is 7.00. The zero-order valence-corrected chi connectivity index (χ0v) is 19.7. The van der Waals surface area contributed by atoms with Crippen LogP contribution in [0.3, 0.4) is 0 Å². The van der Waals surface area contributed by atoms with Crippen LogP contribution in [0.2, 0.25) is 0 Å². The molecule has 0 radical (unpaired) electrons. The van der Waals surface area contributed by atoms with Crippen LogP contribution in [0, 0.1) is 10.1 Å². The summed E-state index contributed by atoms with van der Waals surface area (Å²) >= 11 is 5.05. The van der Waals surface area contributed by atoms with Gasteiger partial charge in [-0.05, 0) is 48.6 Å². The van der Waals surface area contributed by atoms with Crippen LogP contribution < -0.4 is 30.4 Å². The Hall–Kier alpha value is -4.71. The van der Waals surface area contributed by atoms with Crippen molar-refractivity contribution >= 4 is 34.8 Å². The summed E-state index contributed by atoms with van der Waals surface area (Å²) < 4.78 is 16.5. The molecule has 0 saturated carbocycles. The summed E-state index contributed by atoms with van der Waals surface area (Å²) in [5.41, 5.74) is 4.84. The van der Waals surface area contributed by atoms with Gasteiger partial charge in [0.15, 0.2) is 11.7 Å². The Morgan fingerprint density at radius 2 is 1.44 bits per heavy atom. The molecule has 3 N–H and O–H groups in total. The van der Waals surface area contributed by atoms with Crippen molar-refractivity contribution in [3.8, 4) is 17.2 Å². The van der Waals surface area contributed by atoms with Crippen LogP contribution in [-0.2, 0) is 4.79 Å². The van der Waals surface area contributed by atoms with Crippen molar-refractivity contribution in [1.29, 1.82) is 0 Å². The van der Waals surface area contributed by atoms with E-state index in [0.717, 1.165) is 0 Å². The van der Waals surface area contributed by atoms with Gasteiger partial charge in [-0.1, -0.05) is 30.3 Å². The molecule has 0 aliphatic carbocycles. The first kappa shape index (κ1) is 25.9. The number of ether oxygens (including phenoxy) is 3. The van der Waals surface area contributed by atoms with Gasteiger partial charge in [0.1, 0.15) is 30.5 Å². The van der Waals surface area contributed by atoms with Gasteiger partial charge in [-0.25, -0.2) is 0 Å². The van der Waals surface area contributed by atoms with Gasteiger partial charge in [-0.3, -0.25) is 35.9 Å². The SMILES string of the molecule is O=C(COc1ccc([N+](=O)[O-])cc1)NNC(=S)NC(=O)c1ccccc1OCCOc1ccccc1. The number of nitrogens with zero attached hydrogens (tertiary/aromatic N) is 1. The highest BCUT2D eigenvalue weighted by atomic mass is 32.1. The molecule has 0 heterocycles. The van der Waals surface area contributed by atoms with Gasteiger partial charge in [-0.15, -0.1) is 0 Å². The largest absolute Gasteiger partial charge is 0.490 e. The number of amides is 2. The molecule has 3 aromatic carbocycles. The Balaban J connectivity index is 1.40. The molecule has 0 fully saturated rings. The van der Waals surface area contributed by atoms with Crippen molar-refractivity contribution in [2.75, 3.05) is 19.8 Å². The van der Waals surface area contributed by atoms with Crippen LogP contribution in [0.5, 0.6) is 17.2 Å². The van der Waals surface area contributed by atoms with E-state index >= 15 is 0 Å². The number of rotatable bonds is 10. The lowest BCUT2D eigenvalue weighted by Gasteiger charge is -2.14. The van der Waals surface area contributed by atoms with Gasteiger partial charge < -0.3 is 14.2 Å². The summed E-state index contributed by atoms with van der Waals surface area (Å²) in [5.74, 6) is 0.201. The van der Waals surface area contributed by atoms with Crippen molar-refractivity contribution in [1.82, 2.24) is 16.2 Å². The molecule has 3 aromatic rings. The molecule has 0 aromatic heterocycles. The van der Waals surface area contributed by atoms with Crippen LogP contribution in [0.15, 0.2) is 78.9 Å². The molecule has 0 saturated heterocycles. The third-order valence-corrected chi connectivity index (χ3v) is 4.65. The molecule has 0 spiro atoms. The van der Waals surface area contributed by atoms with Gasteiger partial charge in [-0.2, -0.15) is 0 Å². The molecular weight excluding hydrogens is 488 g/mol. The van der Waals surface area contributed by atoms with Gasteiger partial charge in [0.25, 0.3) is 17.5 Å². The minimum atomic E-state index is -0.591. The number of hydrogen-bond donors (Lipinski definition) is 3. The number of para-hydroxylation sites is 2. The highest BCUT2D eigenvalue weighted by molar-refractivity contribution is 7.80. The summed E-state index contributed by atoms with van der Waals surface area (Å²) in [7, 11) is 0. The fourth-order valence-corrected chi connectivity index (χ4v) is 2.93. The van der Waals surface area contributed by atoms with E-state index in [1.54, 1.807) is 24.3 Å². The van der Waals surface area contributed by atoms with E-state index in [1.807, 2.05) is 30.3 Å². The first-order chi connectivity index (χ1) is 17.4. The number of hydrogen-bond acceptors (Lipinski definition) is 8. The number of nitro groups is 1. The molecule has 0 bridgehead atoms. The van der Waals surface area contributed by atoms with E-state index in [-0.39, 0.29) is 41.9 Å². The van der Waals surface area contributed by atoms with E-state index in [4.69, 9.17) is 26.4 Å². The maximum atomic E-state index is 12.6. The summed E-state index contributed by atoms with van der Waals surface area (Å²) in [4.78, 5) is 34.7. The summed E-state index contributed by atoms with van der Waals surface area (Å²) in [6, 6.07) is 21.2. The van der Waals surface area contributed by atoms with Gasteiger partial charge in [0, 0.05) is 12.1 Å². The van der Waals surface area contributed by atoms with Crippen molar-refractivity contribution < 1.29 is 28.7 Å². The van der Waals surface area contributed by atoms with Crippen molar-refractivity contribution in [3.05, 3.63) is 94.5 Å². The van der Waals surface area contributed by atoms with Crippen molar-refractivity contribution in [2.24, 2.45) is 0 Å². The maximum Gasteiger partial charge on any atom is 0.276 e. The fourth-order valence-electron chi connectivity index (χ4n) is 2.79. The maximum absolute atomic E-state index is 12.6. The molecule has 0 atom stereocenters. The molecule has 0 unspecified atom stereocenters. The summed E-state index contributed by atoms with van der Waals surface area (Å²) in [6.07, 6.45) is 0. The van der Waals surface area contributed by atoms with Gasteiger partial charge >= 0.3 is 0 Å². The molecule has 12 heteroatoms. The quantitative estimate of drug-likeness (QED) is 0.162. The molecule has 0 aliphatic rings. The van der Waals surface area contributed by atoms with Crippen LogP contribution in [0.4, 0.5) is 5.69 Å². The first-order valence-corrected chi connectivity index (χ1v) is 11.0. The van der Waals surface area contributed by atoms with Crippen LogP contribution in [0.25, 0.3) is 0 Å². The van der Waals surface area contributed by atoms with Crippen molar-refractivity contribution in [3.63, 3.8) is 0 Å². The average Bonchev–Trinajstić information content (AvgIpc) is 2.89. The van der Waals surface area contributed by atoms with Crippen LogP contribution in [0.1, 0.15) is 10.4 Å². The van der Waals surface area contributed by atoms with E-state index in [0.29, 0.717) is 11.5 Å². The van der Waals surface area contributed by atoms with E-state index in [1.165, 1.54) is 24.3 Å². The Morgan fingerprint density at radius 3 is 2.17 bits per heavy atom. The topological polar surface area (TPSA) is 141 Å². The van der Waals surface area contributed by atoms with Crippen LogP contribution in [-0.4, -0.2) is 41.7 Å². The summed E-state index contributed by atoms with van der Waals surface area (Å²) in [5, 5.41) is 13.0. The Labute approximate surface area is 211 Å². The van der Waals surface area contributed by atoms with E-state index < -0.39 is 16.7 Å². The lowest BCUT2D eigenvalue weighted by atomic mass is 10.2. The predicted octanol–water partition coefficient (Wildman–Crippen LogP) is 2.77. The molecule has 2 amide bonds. The number of carbonyl (C=O) groups is 2. The molecule has 0 aliphatic heterocycles. The lowest BCUT2D eigenvalue weighted by Crippen LogP contribution is -2.49. The smallest absolute Gasteiger partial charge is 0.276 e. The normalized spacial score (nSPS) is 10.0. The number of hydrazine groups is 1. The zero-order chi connectivity index (χ0) is 25.8. The van der Waals surface area contributed by atoms with Crippen LogP contribution >= 0.6 is 12.2 Å². The number of nitro benzene ring substituents is 1. The number of nitrogens with one attached hydrogen (secondary N) is 3. The molecule has 3 rings (SSSR count). The zero-order valence-electron chi connectivity index (χ0n) is 18.8. The minimum absolute atomic E-state index is 0.0953. The Bertz CT molecular complexity index is 1210. The molecule has 11 nitrogen and oxygen atoms in total.